The molecule has 10 heteroatoms. The predicted molar refractivity (Wildman–Crippen MR) is 250 cm³/mol. The second kappa shape index (κ2) is 41.8. The first kappa shape index (κ1) is 58.2. The van der Waals surface area contributed by atoms with Gasteiger partial charge in [0.05, 0.1) is 25.4 Å². The van der Waals surface area contributed by atoms with Gasteiger partial charge < -0.3 is 45.4 Å². The maximum Gasteiger partial charge on any atom is 0.249 e. The Bertz CT molecular complexity index is 942. The minimum absolute atomic E-state index is 0.249. The van der Waals surface area contributed by atoms with Crippen molar-refractivity contribution in [2.45, 2.75) is 307 Å². The summed E-state index contributed by atoms with van der Waals surface area (Å²) in [5, 5.41) is 65.1. The van der Waals surface area contributed by atoms with Crippen LogP contribution in [0.1, 0.15) is 258 Å². The zero-order chi connectivity index (χ0) is 44.6. The number of nitrogens with one attached hydrogen (secondary N) is 1. The Morgan fingerprint density at radius 2 is 0.820 bits per heavy atom. The van der Waals surface area contributed by atoms with Crippen LogP contribution in [0.25, 0.3) is 0 Å². The molecule has 0 bridgehead atoms. The van der Waals surface area contributed by atoms with Crippen LogP contribution in [-0.2, 0) is 14.3 Å². The van der Waals surface area contributed by atoms with Crippen LogP contribution in [0.4, 0.5) is 0 Å². The van der Waals surface area contributed by atoms with Crippen LogP contribution in [0.15, 0.2) is 0 Å². The van der Waals surface area contributed by atoms with E-state index in [4.69, 9.17) is 9.47 Å². The fraction of sp³-hybridized carbons (Fsp3) is 0.980. The minimum Gasteiger partial charge on any atom is -0.394 e. The van der Waals surface area contributed by atoms with Gasteiger partial charge in [-0.1, -0.05) is 245 Å². The molecule has 1 fully saturated rings. The van der Waals surface area contributed by atoms with Gasteiger partial charge in [0.25, 0.3) is 0 Å². The monoisotopic (exact) mass is 872 g/mol. The molecule has 61 heavy (non-hydrogen) atoms. The van der Waals surface area contributed by atoms with Crippen LogP contribution < -0.4 is 5.32 Å². The maximum atomic E-state index is 13.1. The first-order valence-corrected chi connectivity index (χ1v) is 26.3. The number of aliphatic hydroxyl groups excluding tert-OH is 6. The smallest absolute Gasteiger partial charge is 0.249 e. The minimum atomic E-state index is -1.59. The molecule has 0 spiro atoms. The Hall–Kier alpha value is -0.850. The van der Waals surface area contributed by atoms with Crippen molar-refractivity contribution in [1.29, 1.82) is 0 Å². The lowest BCUT2D eigenvalue weighted by Gasteiger charge is -2.40. The van der Waals surface area contributed by atoms with Crippen molar-refractivity contribution in [3.8, 4) is 0 Å². The highest BCUT2D eigenvalue weighted by atomic mass is 16.7. The molecule has 1 aliphatic heterocycles. The summed E-state index contributed by atoms with van der Waals surface area (Å²) in [6.45, 7) is 3.70. The number of ether oxygens (including phenoxy) is 2. The SMILES string of the molecule is CCCCCCCCCCCCCCCCCCCCCC(O)C(=O)NC(COC1OC(CO)C(O)C(O)C1O)C(O)CCCCCCCCCCCCCCCCCCC. The second-order valence-corrected chi connectivity index (χ2v) is 18.8. The van der Waals surface area contributed by atoms with Gasteiger partial charge in [-0.2, -0.15) is 0 Å². The first-order valence-electron chi connectivity index (χ1n) is 26.3. The average molecular weight is 872 g/mol. The first-order chi connectivity index (χ1) is 29.8. The third kappa shape index (κ3) is 31.6. The van der Waals surface area contributed by atoms with Crippen LogP contribution in [0.2, 0.25) is 0 Å². The summed E-state index contributed by atoms with van der Waals surface area (Å²) in [6, 6.07) is -0.888. The summed E-state index contributed by atoms with van der Waals surface area (Å²) in [7, 11) is 0. The fourth-order valence-corrected chi connectivity index (χ4v) is 8.76. The van der Waals surface area contributed by atoms with Crippen molar-refractivity contribution < 1.29 is 44.9 Å². The number of amides is 1. The number of carbonyl (C=O) groups is 1. The van der Waals surface area contributed by atoms with E-state index in [1.54, 1.807) is 0 Å². The van der Waals surface area contributed by atoms with Gasteiger partial charge >= 0.3 is 0 Å². The highest BCUT2D eigenvalue weighted by molar-refractivity contribution is 5.80. The number of hydrogen-bond donors (Lipinski definition) is 7. The molecule has 10 nitrogen and oxygen atoms in total. The summed E-state index contributed by atoms with van der Waals surface area (Å²) in [5.74, 6) is -0.578. The van der Waals surface area contributed by atoms with Crippen molar-refractivity contribution in [2.75, 3.05) is 13.2 Å². The average Bonchev–Trinajstić information content (AvgIpc) is 3.26. The molecule has 0 aromatic rings. The van der Waals surface area contributed by atoms with Crippen molar-refractivity contribution in [3.05, 3.63) is 0 Å². The topological polar surface area (TPSA) is 169 Å². The van der Waals surface area contributed by atoms with E-state index in [-0.39, 0.29) is 6.61 Å². The Kier molecular flexibility index (Phi) is 39.9. The normalized spacial score (nSPS) is 20.8. The van der Waals surface area contributed by atoms with E-state index in [1.165, 1.54) is 193 Å². The van der Waals surface area contributed by atoms with Gasteiger partial charge in [-0.25, -0.2) is 0 Å². The molecular weight excluding hydrogens is 771 g/mol. The summed E-state index contributed by atoms with van der Waals surface area (Å²) in [6.07, 6.45) is 37.2. The van der Waals surface area contributed by atoms with E-state index in [2.05, 4.69) is 19.2 Å². The molecule has 0 radical (unpaired) electrons. The van der Waals surface area contributed by atoms with Crippen LogP contribution >= 0.6 is 0 Å². The van der Waals surface area contributed by atoms with Gasteiger partial charge in [-0.05, 0) is 12.8 Å². The van der Waals surface area contributed by atoms with Gasteiger partial charge in [0.2, 0.25) is 5.91 Å². The molecule has 0 aromatic carbocycles. The summed E-state index contributed by atoms with van der Waals surface area (Å²) in [5.41, 5.74) is 0. The van der Waals surface area contributed by atoms with E-state index in [9.17, 15) is 35.4 Å². The van der Waals surface area contributed by atoms with E-state index in [1.807, 2.05) is 0 Å². The largest absolute Gasteiger partial charge is 0.394 e. The number of unbranched alkanes of at least 4 members (excludes halogenated alkanes) is 34. The molecule has 0 aliphatic carbocycles. The number of hydrogen-bond acceptors (Lipinski definition) is 9. The third-order valence-corrected chi connectivity index (χ3v) is 13.1. The maximum absolute atomic E-state index is 13.1. The summed E-state index contributed by atoms with van der Waals surface area (Å²) < 4.78 is 11.2. The molecule has 8 unspecified atom stereocenters. The predicted octanol–water partition coefficient (Wildman–Crippen LogP) is 10.9. The third-order valence-electron chi connectivity index (χ3n) is 13.1. The molecule has 1 rings (SSSR count). The van der Waals surface area contributed by atoms with Gasteiger partial charge in [-0.15, -0.1) is 0 Å². The van der Waals surface area contributed by atoms with Gasteiger partial charge in [-0.3, -0.25) is 4.79 Å². The standard InChI is InChI=1S/C51H101NO9/c1-3-5-7-9-11-13-15-17-19-21-22-24-26-28-30-32-34-36-38-40-45(55)50(59)52-43(42-60-51-49(58)48(57)47(56)46(41-53)61-51)44(54)39-37-35-33-31-29-27-25-23-20-18-16-14-12-10-8-6-4-2/h43-49,51,53-58H,3-42H2,1-2H3,(H,52,59). The molecule has 364 valence electrons. The van der Waals surface area contributed by atoms with Crippen LogP contribution in [0.3, 0.4) is 0 Å². The molecule has 1 aliphatic rings. The lowest BCUT2D eigenvalue weighted by Crippen LogP contribution is -2.60. The molecule has 1 saturated heterocycles. The molecular formula is C51H101NO9. The lowest BCUT2D eigenvalue weighted by atomic mass is 9.99. The van der Waals surface area contributed by atoms with Crippen molar-refractivity contribution in [1.82, 2.24) is 5.32 Å². The summed E-state index contributed by atoms with van der Waals surface area (Å²) >= 11 is 0. The number of rotatable bonds is 45. The zero-order valence-corrected chi connectivity index (χ0v) is 39.8. The Morgan fingerprint density at radius 1 is 0.492 bits per heavy atom. The second-order valence-electron chi connectivity index (χ2n) is 18.8. The van der Waals surface area contributed by atoms with E-state index >= 15 is 0 Å². The highest BCUT2D eigenvalue weighted by Gasteiger charge is 2.44. The van der Waals surface area contributed by atoms with Crippen LogP contribution in [-0.4, -0.2) is 98.7 Å². The van der Waals surface area contributed by atoms with Crippen molar-refractivity contribution in [2.24, 2.45) is 0 Å². The van der Waals surface area contributed by atoms with Crippen molar-refractivity contribution >= 4 is 5.91 Å². The molecule has 0 aromatic heterocycles. The van der Waals surface area contributed by atoms with Crippen LogP contribution in [0, 0.1) is 0 Å². The Labute approximate surface area is 375 Å². The lowest BCUT2D eigenvalue weighted by molar-refractivity contribution is -0.302. The molecule has 1 heterocycles. The van der Waals surface area contributed by atoms with E-state index < -0.39 is 61.5 Å². The number of carbonyl (C=O) groups excluding carboxylic acids is 1. The molecule has 1 amide bonds. The van der Waals surface area contributed by atoms with Gasteiger partial charge in [0, 0.05) is 0 Å². The van der Waals surface area contributed by atoms with Crippen molar-refractivity contribution in [3.63, 3.8) is 0 Å². The quantitative estimate of drug-likeness (QED) is 0.0295. The van der Waals surface area contributed by atoms with Crippen LogP contribution in [0.5, 0.6) is 0 Å². The highest BCUT2D eigenvalue weighted by Crippen LogP contribution is 2.23. The molecule has 8 atom stereocenters. The number of aliphatic hydroxyl groups is 6. The zero-order valence-electron chi connectivity index (χ0n) is 39.8. The molecule has 7 N–H and O–H groups in total. The Morgan fingerprint density at radius 3 is 1.16 bits per heavy atom. The van der Waals surface area contributed by atoms with Gasteiger partial charge in [0.15, 0.2) is 6.29 Å². The Balaban J connectivity index is 2.30. The van der Waals surface area contributed by atoms with E-state index in [0.717, 1.165) is 38.5 Å². The molecule has 0 saturated carbocycles. The fourth-order valence-electron chi connectivity index (χ4n) is 8.76. The van der Waals surface area contributed by atoms with E-state index in [0.29, 0.717) is 12.8 Å². The van der Waals surface area contributed by atoms with Gasteiger partial charge in [0.1, 0.15) is 30.5 Å². The summed E-state index contributed by atoms with van der Waals surface area (Å²) in [4.78, 5) is 13.1.